The summed E-state index contributed by atoms with van der Waals surface area (Å²) in [5, 5.41) is 10.2. The quantitative estimate of drug-likeness (QED) is 0.324. The van der Waals surface area contributed by atoms with Gasteiger partial charge < -0.3 is 9.90 Å². The van der Waals surface area contributed by atoms with E-state index in [0.29, 0.717) is 5.44 Å². The molecule has 0 aliphatic heterocycles. The zero-order valence-corrected chi connectivity index (χ0v) is 9.23. The van der Waals surface area contributed by atoms with Gasteiger partial charge >= 0.3 is 29.6 Å². The second-order valence-corrected chi connectivity index (χ2v) is 2.33. The van der Waals surface area contributed by atoms with Crippen LogP contribution in [-0.4, -0.2) is 11.0 Å². The fourth-order valence-electron chi connectivity index (χ4n) is 0.565. The molecular weight excluding hydrogens is 172 g/mol. The van der Waals surface area contributed by atoms with Crippen molar-refractivity contribution in [2.24, 2.45) is 0 Å². The van der Waals surface area contributed by atoms with Gasteiger partial charge in [0.25, 0.3) is 0 Å². The molecular formula is C6H5NNaO2P. The number of rotatable bonds is 1. The van der Waals surface area contributed by atoms with Gasteiger partial charge in [0.1, 0.15) is 0 Å². The van der Waals surface area contributed by atoms with Gasteiger partial charge in [-0.2, -0.15) is 0 Å². The zero-order valence-electron chi connectivity index (χ0n) is 6.07. The Labute approximate surface area is 88.7 Å². The Morgan fingerprint density at radius 1 is 1.55 bits per heavy atom. The molecule has 0 aliphatic carbocycles. The van der Waals surface area contributed by atoms with Crippen molar-refractivity contribution in [2.45, 2.75) is 0 Å². The van der Waals surface area contributed by atoms with Gasteiger partial charge in [0.05, 0.1) is 17.1 Å². The number of carboxylic acids is 1. The molecule has 0 spiro atoms. The molecule has 52 valence electrons. The van der Waals surface area contributed by atoms with E-state index >= 15 is 0 Å². The molecule has 5 heteroatoms. The van der Waals surface area contributed by atoms with E-state index in [9.17, 15) is 9.90 Å². The Balaban J connectivity index is 0.000001000. The molecule has 1 rings (SSSR count). The average molecular weight is 177 g/mol. The molecule has 0 N–H and O–H groups in total. The van der Waals surface area contributed by atoms with E-state index in [2.05, 4.69) is 14.2 Å². The fourth-order valence-corrected chi connectivity index (χ4v) is 0.815. The number of carboxylic acid groups (broad SMARTS) is 1. The molecule has 0 aromatic carbocycles. The van der Waals surface area contributed by atoms with Crippen molar-refractivity contribution < 1.29 is 39.5 Å². The third-order valence-corrected chi connectivity index (χ3v) is 1.30. The Bertz CT molecular complexity index is 267. The monoisotopic (exact) mass is 177 g/mol. The maximum absolute atomic E-state index is 10.2. The van der Waals surface area contributed by atoms with Crippen LogP contribution in [0.2, 0.25) is 0 Å². The predicted molar refractivity (Wildman–Crippen MR) is 37.9 cm³/mol. The van der Waals surface area contributed by atoms with Crippen LogP contribution in [0.1, 0.15) is 10.5 Å². The van der Waals surface area contributed by atoms with Crippen molar-refractivity contribution in [2.75, 3.05) is 0 Å². The second kappa shape index (κ2) is 4.83. The minimum atomic E-state index is -1.25. The largest absolute Gasteiger partial charge is 1.00 e. The first kappa shape index (κ1) is 11.1. The molecule has 1 unspecified atom stereocenters. The number of aromatic carboxylic acids is 1. The van der Waals surface area contributed by atoms with Gasteiger partial charge in [-0.25, -0.2) is 4.98 Å². The fraction of sp³-hybridized carbons (Fsp3) is 0. The van der Waals surface area contributed by atoms with E-state index in [-0.39, 0.29) is 35.3 Å². The summed E-state index contributed by atoms with van der Waals surface area (Å²) in [6.45, 7) is 0. The first-order chi connectivity index (χ1) is 4.70. The summed E-state index contributed by atoms with van der Waals surface area (Å²) in [6, 6.07) is 4.69. The normalized spacial score (nSPS) is 8.45. The average Bonchev–Trinajstić information content (AvgIpc) is 1.88. The molecule has 1 aromatic rings. The van der Waals surface area contributed by atoms with E-state index in [1.807, 2.05) is 0 Å². The van der Waals surface area contributed by atoms with E-state index < -0.39 is 5.97 Å². The second-order valence-electron chi connectivity index (χ2n) is 1.74. The van der Waals surface area contributed by atoms with Gasteiger partial charge in [0.2, 0.25) is 0 Å². The Morgan fingerprint density at radius 2 is 2.18 bits per heavy atom. The van der Waals surface area contributed by atoms with Crippen molar-refractivity contribution in [1.82, 2.24) is 4.98 Å². The Kier molecular flexibility index (Phi) is 4.86. The van der Waals surface area contributed by atoms with E-state index in [1.165, 1.54) is 6.07 Å². The maximum Gasteiger partial charge on any atom is 1.00 e. The molecule has 1 atom stereocenters. The molecule has 11 heavy (non-hydrogen) atoms. The summed E-state index contributed by atoms with van der Waals surface area (Å²) in [7, 11) is 2.31. The molecule has 0 radical (unpaired) electrons. The smallest absolute Gasteiger partial charge is 0.543 e. The van der Waals surface area contributed by atoms with Crippen LogP contribution in [0.4, 0.5) is 0 Å². The maximum atomic E-state index is 10.2. The Hall–Kier alpha value is 0.0500. The van der Waals surface area contributed by atoms with Crippen LogP contribution in [0.25, 0.3) is 0 Å². The van der Waals surface area contributed by atoms with Gasteiger partial charge in [-0.05, 0) is 12.1 Å². The molecule has 3 nitrogen and oxygen atoms in total. The van der Waals surface area contributed by atoms with Crippen LogP contribution in [0, 0.1) is 0 Å². The third-order valence-electron chi connectivity index (χ3n) is 0.980. The van der Waals surface area contributed by atoms with Gasteiger partial charge in [-0.3, -0.25) is 0 Å². The zero-order chi connectivity index (χ0) is 7.56. The summed E-state index contributed by atoms with van der Waals surface area (Å²) in [5.41, 5.74) is 0.564. The molecule has 0 bridgehead atoms. The van der Waals surface area contributed by atoms with Gasteiger partial charge in [0, 0.05) is 0 Å². The number of carbonyl (C=O) groups is 1. The standard InChI is InChI=1S/C6H6NO2P.Na/c8-6(9)4-2-1-3-5(10)7-4;/h1-3H,10H2,(H,8,9);/q;+1/p-1. The van der Waals surface area contributed by atoms with Crippen LogP contribution < -0.4 is 40.1 Å². The number of aromatic nitrogens is 1. The van der Waals surface area contributed by atoms with Crippen LogP contribution in [0.3, 0.4) is 0 Å². The number of pyridine rings is 1. The minimum Gasteiger partial charge on any atom is -0.543 e. The van der Waals surface area contributed by atoms with Crippen LogP contribution >= 0.6 is 9.24 Å². The molecule has 0 saturated carbocycles. The molecule has 0 fully saturated rings. The van der Waals surface area contributed by atoms with Crippen LogP contribution in [0.5, 0.6) is 0 Å². The van der Waals surface area contributed by atoms with E-state index in [1.54, 1.807) is 12.1 Å². The van der Waals surface area contributed by atoms with E-state index in [0.717, 1.165) is 0 Å². The topological polar surface area (TPSA) is 53.0 Å². The van der Waals surface area contributed by atoms with Crippen LogP contribution in [0.15, 0.2) is 18.2 Å². The Morgan fingerprint density at radius 3 is 2.55 bits per heavy atom. The summed E-state index contributed by atoms with van der Waals surface area (Å²) >= 11 is 0. The first-order valence-electron chi connectivity index (χ1n) is 2.64. The van der Waals surface area contributed by atoms with Crippen LogP contribution in [-0.2, 0) is 0 Å². The SMILES string of the molecule is O=C([O-])c1cccc(P)n1.[Na+]. The summed E-state index contributed by atoms with van der Waals surface area (Å²) in [4.78, 5) is 13.8. The molecule has 1 aromatic heterocycles. The number of hydrogen-bond donors (Lipinski definition) is 0. The molecule has 0 amide bonds. The minimum absolute atomic E-state index is 0. The van der Waals surface area contributed by atoms with Crippen molar-refractivity contribution >= 4 is 20.6 Å². The number of nitrogens with zero attached hydrogens (tertiary/aromatic N) is 1. The van der Waals surface area contributed by atoms with Gasteiger partial charge in [-0.1, -0.05) is 15.3 Å². The van der Waals surface area contributed by atoms with Crippen molar-refractivity contribution in [3.63, 3.8) is 0 Å². The van der Waals surface area contributed by atoms with Gasteiger partial charge in [0.15, 0.2) is 0 Å². The number of carbonyl (C=O) groups excluding carboxylic acids is 1. The predicted octanol–water partition coefficient (Wildman–Crippen LogP) is -4.05. The van der Waals surface area contributed by atoms with Crippen molar-refractivity contribution in [1.29, 1.82) is 0 Å². The third kappa shape index (κ3) is 3.30. The summed E-state index contributed by atoms with van der Waals surface area (Å²) < 4.78 is 0. The first-order valence-corrected chi connectivity index (χ1v) is 3.22. The summed E-state index contributed by atoms with van der Waals surface area (Å²) in [6.07, 6.45) is 0. The molecule has 1 heterocycles. The van der Waals surface area contributed by atoms with Gasteiger partial charge in [-0.15, -0.1) is 0 Å². The molecule has 0 saturated heterocycles. The number of hydrogen-bond acceptors (Lipinski definition) is 3. The van der Waals surface area contributed by atoms with E-state index in [4.69, 9.17) is 0 Å². The summed E-state index contributed by atoms with van der Waals surface area (Å²) in [5.74, 6) is -1.25. The van der Waals surface area contributed by atoms with Crippen molar-refractivity contribution in [3.05, 3.63) is 23.9 Å². The van der Waals surface area contributed by atoms with Crippen molar-refractivity contribution in [3.8, 4) is 0 Å². The molecule has 0 aliphatic rings.